The molecule has 3 rings (SSSR count). The predicted octanol–water partition coefficient (Wildman–Crippen LogP) is 2.56. The van der Waals surface area contributed by atoms with Crippen molar-refractivity contribution in [3.63, 3.8) is 0 Å². The molecule has 0 saturated heterocycles. The average molecular weight is 342 g/mol. The molecule has 0 bridgehead atoms. The van der Waals surface area contributed by atoms with Gasteiger partial charge in [-0.2, -0.15) is 0 Å². The fraction of sp³-hybridized carbons (Fsp3) is 0.211. The predicted molar refractivity (Wildman–Crippen MR) is 95.1 cm³/mol. The van der Waals surface area contributed by atoms with E-state index in [9.17, 15) is 14.3 Å². The van der Waals surface area contributed by atoms with Crippen LogP contribution in [-0.4, -0.2) is 22.5 Å². The van der Waals surface area contributed by atoms with E-state index in [2.05, 4.69) is 5.32 Å². The summed E-state index contributed by atoms with van der Waals surface area (Å²) >= 11 is 0. The van der Waals surface area contributed by atoms with Gasteiger partial charge in [-0.25, -0.2) is 4.39 Å². The van der Waals surface area contributed by atoms with Crippen molar-refractivity contribution in [3.05, 3.63) is 76.3 Å². The van der Waals surface area contributed by atoms with E-state index in [1.807, 2.05) is 18.2 Å². The summed E-state index contributed by atoms with van der Waals surface area (Å²) in [5.41, 5.74) is 1.50. The molecule has 1 atom stereocenters. The van der Waals surface area contributed by atoms with E-state index in [1.165, 1.54) is 16.9 Å². The topological polar surface area (TPSA) is 63.5 Å². The lowest BCUT2D eigenvalue weighted by Gasteiger charge is -2.15. The van der Waals surface area contributed by atoms with Gasteiger partial charge in [0.2, 0.25) is 0 Å². The van der Waals surface area contributed by atoms with Crippen molar-refractivity contribution >= 4 is 16.6 Å². The second kappa shape index (κ2) is 7.36. The van der Waals surface area contributed by atoms with Gasteiger partial charge in [-0.3, -0.25) is 4.79 Å². The Morgan fingerprint density at radius 1 is 1.20 bits per heavy atom. The minimum Gasteiger partial charge on any atom is -0.407 e. The summed E-state index contributed by atoms with van der Waals surface area (Å²) in [7, 11) is 0. The van der Waals surface area contributed by atoms with Gasteiger partial charge in [-0.1, -0.05) is 30.3 Å². The number of anilines is 1. The van der Waals surface area contributed by atoms with Crippen LogP contribution >= 0.6 is 0 Å². The highest BCUT2D eigenvalue weighted by Gasteiger charge is 2.11. The summed E-state index contributed by atoms with van der Waals surface area (Å²) in [5, 5.41) is 13.3. The van der Waals surface area contributed by atoms with Crippen LogP contribution in [0.3, 0.4) is 0 Å². The van der Waals surface area contributed by atoms with Crippen LogP contribution in [0.4, 0.5) is 10.1 Å². The third kappa shape index (κ3) is 3.97. The van der Waals surface area contributed by atoms with Crippen LogP contribution in [0, 0.1) is 5.82 Å². The largest absolute Gasteiger partial charge is 0.407 e. The molecule has 1 unspecified atom stereocenters. The van der Waals surface area contributed by atoms with Crippen molar-refractivity contribution in [1.29, 1.82) is 0 Å². The number of benzene rings is 2. The van der Waals surface area contributed by atoms with E-state index in [0.717, 1.165) is 10.9 Å². The van der Waals surface area contributed by atoms with E-state index in [-0.39, 0.29) is 18.0 Å². The van der Waals surface area contributed by atoms with Gasteiger partial charge in [0.05, 0.1) is 11.6 Å². The summed E-state index contributed by atoms with van der Waals surface area (Å²) in [6.45, 7) is 1.97. The molecular formula is C19H19FN2O3. The first-order chi connectivity index (χ1) is 12.0. The number of aliphatic hydroxyl groups is 1. The van der Waals surface area contributed by atoms with Gasteiger partial charge in [-0.05, 0) is 36.8 Å². The maximum atomic E-state index is 13.0. The molecule has 2 N–H and O–H groups in total. The van der Waals surface area contributed by atoms with Crippen molar-refractivity contribution in [1.82, 2.24) is 4.73 Å². The first-order valence-corrected chi connectivity index (χ1v) is 7.99. The fourth-order valence-corrected chi connectivity index (χ4v) is 2.47. The number of pyridine rings is 1. The van der Waals surface area contributed by atoms with E-state index >= 15 is 0 Å². The first-order valence-electron chi connectivity index (χ1n) is 7.99. The Kier molecular flexibility index (Phi) is 5.00. The first kappa shape index (κ1) is 17.0. The molecule has 0 radical (unpaired) electrons. The summed E-state index contributed by atoms with van der Waals surface area (Å²) in [6, 6.07) is 15.2. The van der Waals surface area contributed by atoms with Gasteiger partial charge in [0.1, 0.15) is 18.1 Å². The van der Waals surface area contributed by atoms with Crippen LogP contribution in [0.15, 0.2) is 59.4 Å². The quantitative estimate of drug-likeness (QED) is 0.723. The normalized spacial score (nSPS) is 12.1. The van der Waals surface area contributed by atoms with Crippen molar-refractivity contribution in [3.8, 4) is 0 Å². The highest BCUT2D eigenvalue weighted by atomic mass is 19.1. The summed E-state index contributed by atoms with van der Waals surface area (Å²) < 4.78 is 14.2. The highest BCUT2D eigenvalue weighted by Crippen LogP contribution is 2.16. The lowest BCUT2D eigenvalue weighted by atomic mass is 10.2. The van der Waals surface area contributed by atoms with E-state index in [4.69, 9.17) is 4.84 Å². The molecular weight excluding hydrogens is 323 g/mol. The molecule has 0 spiro atoms. The maximum Gasteiger partial charge on any atom is 0.306 e. The average Bonchev–Trinajstić information content (AvgIpc) is 2.60. The van der Waals surface area contributed by atoms with E-state index in [0.29, 0.717) is 17.7 Å². The Bertz CT molecular complexity index is 920. The zero-order valence-corrected chi connectivity index (χ0v) is 13.8. The molecule has 3 aromatic rings. The van der Waals surface area contributed by atoms with Gasteiger partial charge in [-0.15, -0.1) is 4.73 Å². The SMILES string of the molecule is CC(O)COn1c(=O)c(NCc2ccc(F)cc2)cc2ccccc21. The second-order valence-corrected chi connectivity index (χ2v) is 5.84. The molecule has 0 fully saturated rings. The minimum absolute atomic E-state index is 0.00527. The number of aromatic nitrogens is 1. The molecule has 25 heavy (non-hydrogen) atoms. The van der Waals surface area contributed by atoms with Crippen molar-refractivity contribution in [2.24, 2.45) is 0 Å². The lowest BCUT2D eigenvalue weighted by Crippen LogP contribution is -2.32. The minimum atomic E-state index is -0.693. The number of halogens is 1. The van der Waals surface area contributed by atoms with Gasteiger partial charge < -0.3 is 15.3 Å². The molecule has 5 nitrogen and oxygen atoms in total. The number of hydrogen-bond donors (Lipinski definition) is 2. The van der Waals surface area contributed by atoms with Crippen LogP contribution in [0.2, 0.25) is 0 Å². The van der Waals surface area contributed by atoms with Crippen LogP contribution < -0.4 is 15.7 Å². The van der Waals surface area contributed by atoms with Crippen molar-refractivity contribution < 1.29 is 14.3 Å². The number of para-hydroxylation sites is 1. The zero-order valence-electron chi connectivity index (χ0n) is 13.8. The van der Waals surface area contributed by atoms with Gasteiger partial charge in [0.15, 0.2) is 0 Å². The molecule has 1 aromatic heterocycles. The Labute approximate surface area is 144 Å². The van der Waals surface area contributed by atoms with Crippen molar-refractivity contribution in [2.45, 2.75) is 19.6 Å². The number of hydrogen-bond acceptors (Lipinski definition) is 4. The molecule has 130 valence electrons. The smallest absolute Gasteiger partial charge is 0.306 e. The molecule has 6 heteroatoms. The van der Waals surface area contributed by atoms with Crippen LogP contribution in [0.25, 0.3) is 10.9 Å². The Balaban J connectivity index is 1.93. The molecule has 1 heterocycles. The number of rotatable bonds is 6. The molecule has 0 amide bonds. The number of nitrogens with one attached hydrogen (secondary N) is 1. The third-order valence-corrected chi connectivity index (χ3v) is 3.71. The maximum absolute atomic E-state index is 13.0. The molecule has 0 aliphatic rings. The van der Waals surface area contributed by atoms with E-state index in [1.54, 1.807) is 31.2 Å². The lowest BCUT2D eigenvalue weighted by molar-refractivity contribution is 0.0365. The molecule has 0 aliphatic heterocycles. The Morgan fingerprint density at radius 3 is 2.64 bits per heavy atom. The third-order valence-electron chi connectivity index (χ3n) is 3.71. The summed E-state index contributed by atoms with van der Waals surface area (Å²) in [4.78, 5) is 18.2. The summed E-state index contributed by atoms with van der Waals surface area (Å²) in [6.07, 6.45) is -0.693. The van der Waals surface area contributed by atoms with Crippen LogP contribution in [0.1, 0.15) is 12.5 Å². The van der Waals surface area contributed by atoms with Crippen LogP contribution in [-0.2, 0) is 6.54 Å². The standard InChI is InChI=1S/C19H19FN2O3/c1-13(23)12-25-22-18-5-3-2-4-15(18)10-17(19(22)24)21-11-14-6-8-16(20)9-7-14/h2-10,13,21,23H,11-12H2,1H3. The van der Waals surface area contributed by atoms with Gasteiger partial charge in [0.25, 0.3) is 0 Å². The number of aliphatic hydroxyl groups excluding tert-OH is 1. The Morgan fingerprint density at radius 2 is 1.92 bits per heavy atom. The van der Waals surface area contributed by atoms with Crippen molar-refractivity contribution in [2.75, 3.05) is 11.9 Å². The van der Waals surface area contributed by atoms with E-state index < -0.39 is 6.10 Å². The molecule has 2 aromatic carbocycles. The number of fused-ring (bicyclic) bond motifs is 1. The second-order valence-electron chi connectivity index (χ2n) is 5.84. The number of nitrogens with zero attached hydrogens (tertiary/aromatic N) is 1. The summed E-state index contributed by atoms with van der Waals surface area (Å²) in [5.74, 6) is -0.302. The van der Waals surface area contributed by atoms with Gasteiger partial charge >= 0.3 is 5.56 Å². The monoisotopic (exact) mass is 342 g/mol. The zero-order chi connectivity index (χ0) is 17.8. The fourth-order valence-electron chi connectivity index (χ4n) is 2.47. The molecule has 0 aliphatic carbocycles. The van der Waals surface area contributed by atoms with Gasteiger partial charge in [0, 0.05) is 11.9 Å². The highest BCUT2D eigenvalue weighted by molar-refractivity contribution is 5.81. The van der Waals surface area contributed by atoms with Crippen LogP contribution in [0.5, 0.6) is 0 Å². The Hall–Kier alpha value is -2.86. The molecule has 0 saturated carbocycles.